The van der Waals surface area contributed by atoms with E-state index in [0.29, 0.717) is 74.5 Å². The van der Waals surface area contributed by atoms with Gasteiger partial charge in [0.25, 0.3) is 0 Å². The number of nitrogens with one attached hydrogen (secondary N) is 2. The van der Waals surface area contributed by atoms with Gasteiger partial charge in [-0.05, 0) is 99.6 Å². The molecule has 14 heteroatoms. The van der Waals surface area contributed by atoms with Gasteiger partial charge in [0.1, 0.15) is 5.82 Å². The topological polar surface area (TPSA) is 132 Å². The summed E-state index contributed by atoms with van der Waals surface area (Å²) in [6.45, 7) is 4.39. The second kappa shape index (κ2) is 14.6. The molecule has 0 spiro atoms. The predicted molar refractivity (Wildman–Crippen MR) is 201 cm³/mol. The molecule has 0 radical (unpaired) electrons. The number of likely N-dealkylation sites (N-methyl/N-ethyl adjacent to an activating group) is 1. The number of imidazole rings is 1. The summed E-state index contributed by atoms with van der Waals surface area (Å²) in [7, 11) is 2.05. The van der Waals surface area contributed by atoms with E-state index in [9.17, 15) is 14.4 Å². The van der Waals surface area contributed by atoms with Crippen LogP contribution in [0.25, 0.3) is 11.0 Å². The molecule has 262 valence electrons. The predicted octanol–water partition coefficient (Wildman–Crippen LogP) is 5.91. The second-order valence-corrected chi connectivity index (χ2v) is 15.0. The van der Waals surface area contributed by atoms with Gasteiger partial charge in [0, 0.05) is 72.9 Å². The lowest BCUT2D eigenvalue weighted by Gasteiger charge is -2.38. The van der Waals surface area contributed by atoms with Crippen LogP contribution < -0.4 is 16.4 Å². The maximum absolute atomic E-state index is 14.2. The summed E-state index contributed by atoms with van der Waals surface area (Å²) in [5, 5.41) is 6.34. The van der Waals surface area contributed by atoms with Gasteiger partial charge in [0.2, 0.25) is 0 Å². The van der Waals surface area contributed by atoms with Crippen LogP contribution >= 0.6 is 31.9 Å². The molecule has 1 atom stereocenters. The van der Waals surface area contributed by atoms with Crippen molar-refractivity contribution < 1.29 is 14.4 Å². The monoisotopic (exact) mass is 805 g/mol. The zero-order valence-corrected chi connectivity index (χ0v) is 31.1. The fourth-order valence-electron chi connectivity index (χ4n) is 7.17. The zero-order valence-electron chi connectivity index (χ0n) is 27.9. The summed E-state index contributed by atoms with van der Waals surface area (Å²) in [5.41, 5.74) is 11.1. The lowest BCUT2D eigenvalue weighted by molar-refractivity contribution is 0.132. The number of piperidine rings is 1. The number of carbonyl (C=O) groups excluding carboxylic acids is 3. The van der Waals surface area contributed by atoms with Gasteiger partial charge in [0.15, 0.2) is 0 Å². The molecule has 3 aromatic carbocycles. The number of halogens is 2. The van der Waals surface area contributed by atoms with Crippen LogP contribution in [0.5, 0.6) is 0 Å². The maximum atomic E-state index is 14.2. The molecule has 50 heavy (non-hydrogen) atoms. The molecule has 4 aromatic rings. The van der Waals surface area contributed by atoms with Crippen molar-refractivity contribution in [2.75, 3.05) is 63.9 Å². The highest BCUT2D eigenvalue weighted by Gasteiger charge is 2.34. The highest BCUT2D eigenvalue weighted by molar-refractivity contribution is 9.11. The van der Waals surface area contributed by atoms with E-state index < -0.39 is 6.04 Å². The Hall–Kier alpha value is -4.14. The minimum atomic E-state index is -0.638. The number of hydrogen-bond donors (Lipinski definition) is 3. The van der Waals surface area contributed by atoms with Gasteiger partial charge in [-0.25, -0.2) is 23.9 Å². The summed E-state index contributed by atoms with van der Waals surface area (Å²) in [4.78, 5) is 54.3. The van der Waals surface area contributed by atoms with Gasteiger partial charge in [-0.15, -0.1) is 0 Å². The summed E-state index contributed by atoms with van der Waals surface area (Å²) in [6.07, 6.45) is 2.48. The highest BCUT2D eigenvalue weighted by Crippen LogP contribution is 2.33. The normalized spacial score (nSPS) is 18.1. The summed E-state index contributed by atoms with van der Waals surface area (Å²) < 4.78 is 3.14. The van der Waals surface area contributed by atoms with E-state index in [2.05, 4.69) is 60.5 Å². The Kier molecular flexibility index (Phi) is 10.0. The van der Waals surface area contributed by atoms with Gasteiger partial charge in [-0.3, -0.25) is 0 Å². The highest BCUT2D eigenvalue weighted by atomic mass is 79.9. The van der Waals surface area contributed by atoms with Crippen LogP contribution in [0.15, 0.2) is 69.6 Å². The fraction of sp³-hybridized carbons (Fsp3) is 0.389. The number of fused-ring (bicyclic) bond motifs is 2. The number of aromatic nitrogens is 2. The van der Waals surface area contributed by atoms with Crippen LogP contribution in [0.2, 0.25) is 0 Å². The molecule has 3 aliphatic heterocycles. The third kappa shape index (κ3) is 7.06. The molecule has 2 fully saturated rings. The van der Waals surface area contributed by atoms with Crippen LogP contribution in [-0.2, 0) is 12.8 Å². The molecule has 0 aliphatic carbocycles. The number of nitrogens with two attached hydrogens (primary N) is 1. The first-order chi connectivity index (χ1) is 24.2. The molecule has 3 aliphatic rings. The van der Waals surface area contributed by atoms with E-state index in [1.54, 1.807) is 9.47 Å². The van der Waals surface area contributed by atoms with Crippen molar-refractivity contribution in [2.24, 2.45) is 0 Å². The first-order valence-electron chi connectivity index (χ1n) is 17.1. The third-order valence-corrected chi connectivity index (χ3v) is 11.4. The maximum Gasteiger partial charge on any atom is 0.330 e. The van der Waals surface area contributed by atoms with Crippen LogP contribution in [0, 0.1) is 0 Å². The second-order valence-electron chi connectivity index (χ2n) is 13.3. The van der Waals surface area contributed by atoms with Crippen molar-refractivity contribution in [3.8, 4) is 0 Å². The van der Waals surface area contributed by atoms with Crippen molar-refractivity contribution in [2.45, 2.75) is 37.8 Å². The number of nitrogen functional groups attached to an aromatic ring is 1. The van der Waals surface area contributed by atoms with Crippen molar-refractivity contribution in [1.29, 1.82) is 0 Å². The molecule has 12 nitrogen and oxygen atoms in total. The molecule has 4 N–H and O–H groups in total. The van der Waals surface area contributed by atoms with E-state index in [0.717, 1.165) is 45.3 Å². The number of piperazine rings is 1. The largest absolute Gasteiger partial charge is 0.397 e. The molecule has 0 unspecified atom stereocenters. The smallest absolute Gasteiger partial charge is 0.330 e. The Morgan fingerprint density at radius 3 is 2.36 bits per heavy atom. The van der Waals surface area contributed by atoms with Gasteiger partial charge < -0.3 is 36.0 Å². The molecule has 4 heterocycles. The minimum absolute atomic E-state index is 0.0269. The van der Waals surface area contributed by atoms with Gasteiger partial charge >= 0.3 is 18.1 Å². The van der Waals surface area contributed by atoms with Crippen molar-refractivity contribution in [3.63, 3.8) is 0 Å². The number of carbonyl (C=O) groups is 3. The fourth-order valence-corrected chi connectivity index (χ4v) is 8.46. The van der Waals surface area contributed by atoms with E-state index in [1.807, 2.05) is 64.4 Å². The Morgan fingerprint density at radius 2 is 1.62 bits per heavy atom. The number of rotatable bonds is 5. The van der Waals surface area contributed by atoms with E-state index in [4.69, 9.17) is 10.7 Å². The van der Waals surface area contributed by atoms with E-state index in [-0.39, 0.29) is 24.1 Å². The first-order valence-corrected chi connectivity index (χ1v) is 18.6. The van der Waals surface area contributed by atoms with Crippen LogP contribution in [-0.4, -0.2) is 106 Å². The Morgan fingerprint density at radius 1 is 0.940 bits per heavy atom. The minimum Gasteiger partial charge on any atom is -0.397 e. The molecule has 5 amide bonds. The third-order valence-electron chi connectivity index (χ3n) is 10.1. The van der Waals surface area contributed by atoms with Gasteiger partial charge in [-0.2, -0.15) is 0 Å². The Bertz CT molecular complexity index is 1890. The zero-order chi connectivity index (χ0) is 34.9. The number of anilines is 2. The van der Waals surface area contributed by atoms with Crippen molar-refractivity contribution in [3.05, 3.63) is 86.6 Å². The summed E-state index contributed by atoms with van der Waals surface area (Å²) in [5.74, 6) is 0.475. The quantitative estimate of drug-likeness (QED) is 0.215. The van der Waals surface area contributed by atoms with Gasteiger partial charge in [-0.1, -0.05) is 30.3 Å². The average Bonchev–Trinajstić information content (AvgIpc) is 3.42. The number of likely N-dealkylation sites (tertiary alicyclic amines) is 1. The number of nitrogens with zero attached hydrogens (tertiary/aromatic N) is 6. The lowest BCUT2D eigenvalue weighted by Crippen LogP contribution is -2.52. The lowest BCUT2D eigenvalue weighted by atomic mass is 10.0. The molecular weight excluding hydrogens is 766 g/mol. The molecule has 0 bridgehead atoms. The van der Waals surface area contributed by atoms with E-state index in [1.165, 1.54) is 0 Å². The molecule has 2 saturated heterocycles. The van der Waals surface area contributed by atoms with Crippen molar-refractivity contribution in [1.82, 2.24) is 34.5 Å². The number of benzene rings is 3. The number of amides is 5. The van der Waals surface area contributed by atoms with E-state index >= 15 is 0 Å². The van der Waals surface area contributed by atoms with Crippen LogP contribution in [0.4, 0.5) is 25.8 Å². The molecule has 0 saturated carbocycles. The summed E-state index contributed by atoms with van der Waals surface area (Å²) >= 11 is 7.13. The Labute approximate surface area is 308 Å². The van der Waals surface area contributed by atoms with Crippen LogP contribution in [0.1, 0.15) is 35.8 Å². The SMILES string of the molecule is CN1CCN(C(=O)n2c([C@@H](Cc3cc(Br)c(N)c(Br)c3)NC(=O)N3CCC(N4CCc5ccccc5NC4=O)CC3)nc3ccccc32)CC1. The molecule has 1 aromatic heterocycles. The van der Waals surface area contributed by atoms with Gasteiger partial charge in [0.05, 0.1) is 22.8 Å². The molecular formula is C36H41Br2N9O3. The number of para-hydroxylation sites is 3. The standard InChI is InChI=1S/C36H41Br2N9O3/c1-43-16-18-45(19-17-43)36(50)47-31-9-5-4-8-29(31)40-33(47)30(22-23-20-26(37)32(39)27(38)21-23)42-34(48)44-13-11-25(12-14-44)46-15-10-24-6-2-3-7-28(24)41-35(46)49/h2-9,20-21,25,30H,10-19,22,39H2,1H3,(H,41,49)(H,42,48)/t30-/m1/s1. The Balaban J connectivity index is 1.14. The first kappa shape index (κ1) is 34.3. The van der Waals surface area contributed by atoms with Crippen LogP contribution in [0.3, 0.4) is 0 Å². The summed E-state index contributed by atoms with van der Waals surface area (Å²) in [6, 6.07) is 18.3. The number of hydrogen-bond acceptors (Lipinski definition) is 6. The average molecular weight is 808 g/mol. The van der Waals surface area contributed by atoms with Crippen molar-refractivity contribution >= 4 is 72.4 Å². The molecule has 7 rings (SSSR count). The number of urea groups is 2.